The molecule has 1 aromatic heterocycles. The number of hydrogen-bond acceptors (Lipinski definition) is 6. The molecule has 0 saturated heterocycles. The second kappa shape index (κ2) is 8.78. The van der Waals surface area contributed by atoms with Gasteiger partial charge in [0, 0.05) is 17.4 Å². The highest BCUT2D eigenvalue weighted by Gasteiger charge is 2.15. The van der Waals surface area contributed by atoms with Crippen LogP contribution in [0.15, 0.2) is 66.0 Å². The lowest BCUT2D eigenvalue weighted by atomic mass is 10.2. The molecular formula is C19H15N3O5S. The Labute approximate surface area is 163 Å². The Hall–Kier alpha value is -3.72. The van der Waals surface area contributed by atoms with Crippen molar-refractivity contribution in [2.24, 2.45) is 0 Å². The molecule has 2 aromatic carbocycles. The number of carbonyl (C=O) groups excluding carboxylic acids is 2. The van der Waals surface area contributed by atoms with Crippen molar-refractivity contribution >= 4 is 40.2 Å². The molecule has 8 nitrogen and oxygen atoms in total. The number of amides is 2. The highest BCUT2D eigenvalue weighted by molar-refractivity contribution is 7.12. The third-order valence-corrected chi connectivity index (χ3v) is 4.46. The van der Waals surface area contributed by atoms with Crippen molar-refractivity contribution in [3.05, 3.63) is 81.0 Å². The maximum Gasteiger partial charge on any atom is 0.310 e. The quantitative estimate of drug-likeness (QED) is 0.464. The van der Waals surface area contributed by atoms with Crippen LogP contribution in [0.2, 0.25) is 0 Å². The van der Waals surface area contributed by atoms with Crippen LogP contribution >= 0.6 is 11.3 Å². The van der Waals surface area contributed by atoms with E-state index in [9.17, 15) is 19.7 Å². The molecule has 3 aromatic rings. The number of thiophene rings is 1. The van der Waals surface area contributed by atoms with Crippen LogP contribution in [-0.4, -0.2) is 23.3 Å². The molecule has 0 aliphatic rings. The van der Waals surface area contributed by atoms with Gasteiger partial charge in [0.05, 0.1) is 9.80 Å². The number of rotatable bonds is 7. The Kier molecular flexibility index (Phi) is 5.97. The summed E-state index contributed by atoms with van der Waals surface area (Å²) in [7, 11) is 0. The first kappa shape index (κ1) is 19.1. The van der Waals surface area contributed by atoms with Crippen molar-refractivity contribution in [1.29, 1.82) is 0 Å². The molecule has 1 heterocycles. The van der Waals surface area contributed by atoms with Gasteiger partial charge in [-0.3, -0.25) is 19.7 Å². The number of nitro groups is 1. The average Bonchev–Trinajstić information content (AvgIpc) is 3.23. The van der Waals surface area contributed by atoms with Gasteiger partial charge in [-0.2, -0.15) is 0 Å². The van der Waals surface area contributed by atoms with Gasteiger partial charge in [0.1, 0.15) is 0 Å². The minimum Gasteiger partial charge on any atom is -0.477 e. The molecule has 142 valence electrons. The summed E-state index contributed by atoms with van der Waals surface area (Å²) in [5, 5.41) is 18.1. The van der Waals surface area contributed by atoms with Gasteiger partial charge in [-0.05, 0) is 41.8 Å². The van der Waals surface area contributed by atoms with E-state index < -0.39 is 10.8 Å². The van der Waals surface area contributed by atoms with Crippen molar-refractivity contribution < 1.29 is 19.2 Å². The molecule has 0 unspecified atom stereocenters. The highest BCUT2D eigenvalue weighted by atomic mass is 32.1. The molecule has 9 heteroatoms. The topological polar surface area (TPSA) is 111 Å². The van der Waals surface area contributed by atoms with E-state index in [0.29, 0.717) is 16.3 Å². The van der Waals surface area contributed by atoms with E-state index in [1.807, 2.05) is 5.38 Å². The number of anilines is 2. The van der Waals surface area contributed by atoms with E-state index >= 15 is 0 Å². The van der Waals surface area contributed by atoms with Crippen LogP contribution in [0.1, 0.15) is 9.67 Å². The van der Waals surface area contributed by atoms with Gasteiger partial charge < -0.3 is 15.4 Å². The predicted molar refractivity (Wildman–Crippen MR) is 106 cm³/mol. The number of nitrogens with zero attached hydrogens (tertiary/aromatic N) is 1. The molecule has 3 rings (SSSR count). The molecule has 0 aliphatic heterocycles. The highest BCUT2D eigenvalue weighted by Crippen LogP contribution is 2.25. The Morgan fingerprint density at radius 1 is 0.964 bits per heavy atom. The lowest BCUT2D eigenvalue weighted by molar-refractivity contribution is -0.385. The van der Waals surface area contributed by atoms with E-state index in [1.165, 1.54) is 29.5 Å². The van der Waals surface area contributed by atoms with Gasteiger partial charge >= 0.3 is 5.69 Å². The summed E-state index contributed by atoms with van der Waals surface area (Å²) >= 11 is 1.34. The molecule has 0 bridgehead atoms. The van der Waals surface area contributed by atoms with Crippen molar-refractivity contribution in [1.82, 2.24) is 0 Å². The van der Waals surface area contributed by atoms with Crippen LogP contribution in [0.5, 0.6) is 5.75 Å². The fraction of sp³-hybridized carbons (Fsp3) is 0.0526. The standard InChI is InChI=1S/C19H15N3O5S/c23-18(12-27-16-5-2-1-4-15(16)22(25)26)20-13-7-9-14(10-8-13)21-19(24)17-6-3-11-28-17/h1-11H,12H2,(H,20,23)(H,21,24). The first-order valence-electron chi connectivity index (χ1n) is 8.14. The number of para-hydroxylation sites is 2. The maximum absolute atomic E-state index is 12.0. The zero-order valence-electron chi connectivity index (χ0n) is 14.5. The second-order valence-corrected chi connectivity index (χ2v) is 6.52. The normalized spacial score (nSPS) is 10.1. The first-order chi connectivity index (χ1) is 13.5. The molecule has 0 fully saturated rings. The molecule has 0 radical (unpaired) electrons. The summed E-state index contributed by atoms with van der Waals surface area (Å²) in [4.78, 5) is 35.0. The molecule has 0 saturated carbocycles. The number of carbonyl (C=O) groups is 2. The summed E-state index contributed by atoms with van der Waals surface area (Å²) < 4.78 is 5.24. The van der Waals surface area contributed by atoms with E-state index in [4.69, 9.17) is 4.74 Å². The number of hydrogen-bond donors (Lipinski definition) is 2. The van der Waals surface area contributed by atoms with Gasteiger partial charge in [-0.25, -0.2) is 0 Å². The van der Waals surface area contributed by atoms with Gasteiger partial charge in [-0.1, -0.05) is 18.2 Å². The summed E-state index contributed by atoms with van der Waals surface area (Å²) in [5.74, 6) is -0.646. The fourth-order valence-corrected chi connectivity index (χ4v) is 2.93. The molecule has 28 heavy (non-hydrogen) atoms. The van der Waals surface area contributed by atoms with Gasteiger partial charge in [0.15, 0.2) is 12.4 Å². The van der Waals surface area contributed by atoms with Crippen LogP contribution in [0.4, 0.5) is 17.1 Å². The maximum atomic E-state index is 12.0. The third-order valence-electron chi connectivity index (χ3n) is 3.59. The lowest BCUT2D eigenvalue weighted by Gasteiger charge is -2.09. The number of benzene rings is 2. The van der Waals surface area contributed by atoms with Crippen LogP contribution in [-0.2, 0) is 4.79 Å². The second-order valence-electron chi connectivity index (χ2n) is 5.57. The van der Waals surface area contributed by atoms with Crippen LogP contribution in [0.3, 0.4) is 0 Å². The monoisotopic (exact) mass is 397 g/mol. The zero-order chi connectivity index (χ0) is 19.9. The Balaban J connectivity index is 1.53. The van der Waals surface area contributed by atoms with Crippen molar-refractivity contribution in [3.63, 3.8) is 0 Å². The van der Waals surface area contributed by atoms with Crippen LogP contribution in [0, 0.1) is 10.1 Å². The predicted octanol–water partition coefficient (Wildman–Crippen LogP) is 3.93. The van der Waals surface area contributed by atoms with Crippen LogP contribution in [0.25, 0.3) is 0 Å². The number of nitrogens with one attached hydrogen (secondary N) is 2. The van der Waals surface area contributed by atoms with E-state index in [1.54, 1.807) is 42.5 Å². The molecule has 2 amide bonds. The Morgan fingerprint density at radius 3 is 2.29 bits per heavy atom. The van der Waals surface area contributed by atoms with E-state index in [-0.39, 0.29) is 24.0 Å². The smallest absolute Gasteiger partial charge is 0.310 e. The molecule has 2 N–H and O–H groups in total. The fourth-order valence-electron chi connectivity index (χ4n) is 2.31. The van der Waals surface area contributed by atoms with Crippen LogP contribution < -0.4 is 15.4 Å². The summed E-state index contributed by atoms with van der Waals surface area (Å²) in [6.07, 6.45) is 0. The van der Waals surface area contributed by atoms with Gasteiger partial charge in [0.2, 0.25) is 0 Å². The van der Waals surface area contributed by atoms with Crippen molar-refractivity contribution in [2.75, 3.05) is 17.2 Å². The summed E-state index contributed by atoms with van der Waals surface area (Å²) in [6, 6.07) is 15.9. The Morgan fingerprint density at radius 2 is 1.64 bits per heavy atom. The van der Waals surface area contributed by atoms with Crippen molar-refractivity contribution in [3.8, 4) is 5.75 Å². The Bertz CT molecular complexity index is 987. The SMILES string of the molecule is O=C(COc1ccccc1[N+](=O)[O-])Nc1ccc(NC(=O)c2cccs2)cc1. The largest absolute Gasteiger partial charge is 0.477 e. The average molecular weight is 397 g/mol. The number of ether oxygens (including phenoxy) is 1. The number of nitro benzene ring substituents is 1. The first-order valence-corrected chi connectivity index (χ1v) is 9.02. The zero-order valence-corrected chi connectivity index (χ0v) is 15.3. The van der Waals surface area contributed by atoms with E-state index in [0.717, 1.165) is 0 Å². The van der Waals surface area contributed by atoms with Crippen molar-refractivity contribution in [2.45, 2.75) is 0 Å². The molecule has 0 spiro atoms. The van der Waals surface area contributed by atoms with E-state index in [2.05, 4.69) is 10.6 Å². The lowest BCUT2D eigenvalue weighted by Crippen LogP contribution is -2.20. The third kappa shape index (κ3) is 4.92. The molecule has 0 atom stereocenters. The molecule has 0 aliphatic carbocycles. The minimum absolute atomic E-state index is 0.0225. The minimum atomic E-state index is -0.573. The van der Waals surface area contributed by atoms with Gasteiger partial charge in [0.25, 0.3) is 11.8 Å². The molecular weight excluding hydrogens is 382 g/mol. The van der Waals surface area contributed by atoms with Gasteiger partial charge in [-0.15, -0.1) is 11.3 Å². The summed E-state index contributed by atoms with van der Waals surface area (Å²) in [6.45, 7) is -0.373. The summed E-state index contributed by atoms with van der Waals surface area (Å²) in [5.41, 5.74) is 0.888.